The number of rotatable bonds is 6. The van der Waals surface area contributed by atoms with Crippen LogP contribution in [0.3, 0.4) is 0 Å². The van der Waals surface area contributed by atoms with E-state index in [0.717, 1.165) is 23.4 Å². The SMILES string of the molecule is CCN1C(=O)CCC=C1c1ccc(OCCOC)cc1. The van der Waals surface area contributed by atoms with Crippen molar-refractivity contribution in [3.05, 3.63) is 35.9 Å². The molecule has 4 nitrogen and oxygen atoms in total. The van der Waals surface area contributed by atoms with Gasteiger partial charge in [0.15, 0.2) is 0 Å². The lowest BCUT2D eigenvalue weighted by molar-refractivity contribution is -0.128. The Morgan fingerprint density at radius 3 is 2.60 bits per heavy atom. The number of allylic oxidation sites excluding steroid dienone is 1. The first-order chi connectivity index (χ1) is 9.76. The molecule has 1 aliphatic rings. The van der Waals surface area contributed by atoms with Crippen molar-refractivity contribution in [2.45, 2.75) is 19.8 Å². The van der Waals surface area contributed by atoms with Crippen molar-refractivity contribution < 1.29 is 14.3 Å². The molecule has 2 rings (SSSR count). The van der Waals surface area contributed by atoms with E-state index in [1.54, 1.807) is 7.11 Å². The van der Waals surface area contributed by atoms with Gasteiger partial charge in [0.25, 0.3) is 0 Å². The second-order valence-corrected chi connectivity index (χ2v) is 4.63. The highest BCUT2D eigenvalue weighted by atomic mass is 16.5. The van der Waals surface area contributed by atoms with Crippen molar-refractivity contribution in [3.8, 4) is 5.75 Å². The lowest BCUT2D eigenvalue weighted by Gasteiger charge is -2.27. The zero-order valence-corrected chi connectivity index (χ0v) is 12.1. The van der Waals surface area contributed by atoms with E-state index < -0.39 is 0 Å². The van der Waals surface area contributed by atoms with Gasteiger partial charge < -0.3 is 14.4 Å². The van der Waals surface area contributed by atoms with Crippen molar-refractivity contribution >= 4 is 11.6 Å². The van der Waals surface area contributed by atoms with E-state index in [1.807, 2.05) is 36.1 Å². The summed E-state index contributed by atoms with van der Waals surface area (Å²) in [5.41, 5.74) is 2.06. The van der Waals surface area contributed by atoms with Crippen LogP contribution < -0.4 is 4.74 Å². The Labute approximate surface area is 120 Å². The van der Waals surface area contributed by atoms with Gasteiger partial charge in [0, 0.05) is 25.8 Å². The number of methoxy groups -OCH3 is 1. The summed E-state index contributed by atoms with van der Waals surface area (Å²) in [4.78, 5) is 13.7. The maximum atomic E-state index is 11.9. The van der Waals surface area contributed by atoms with Crippen LogP contribution in [0, 0.1) is 0 Å². The summed E-state index contributed by atoms with van der Waals surface area (Å²) in [6, 6.07) is 7.85. The Morgan fingerprint density at radius 2 is 1.95 bits per heavy atom. The summed E-state index contributed by atoms with van der Waals surface area (Å²) in [6.07, 6.45) is 3.55. The molecule has 1 heterocycles. The number of hydrogen-bond acceptors (Lipinski definition) is 3. The summed E-state index contributed by atoms with van der Waals surface area (Å²) in [6.45, 7) is 3.82. The average Bonchev–Trinajstić information content (AvgIpc) is 2.48. The maximum absolute atomic E-state index is 11.9. The Kier molecular flexibility index (Phi) is 5.18. The molecule has 1 aliphatic heterocycles. The topological polar surface area (TPSA) is 38.8 Å². The quantitative estimate of drug-likeness (QED) is 0.749. The van der Waals surface area contributed by atoms with Crippen LogP contribution in [0.2, 0.25) is 0 Å². The third-order valence-electron chi connectivity index (χ3n) is 3.31. The molecule has 0 saturated heterocycles. The maximum Gasteiger partial charge on any atom is 0.227 e. The predicted molar refractivity (Wildman–Crippen MR) is 78.4 cm³/mol. The lowest BCUT2D eigenvalue weighted by atomic mass is 10.0. The molecule has 1 amide bonds. The molecule has 0 N–H and O–H groups in total. The molecule has 0 spiro atoms. The molecule has 0 atom stereocenters. The number of hydrogen-bond donors (Lipinski definition) is 0. The predicted octanol–water partition coefficient (Wildman–Crippen LogP) is 2.70. The molecule has 0 bridgehead atoms. The molecule has 0 fully saturated rings. The van der Waals surface area contributed by atoms with Gasteiger partial charge in [-0.3, -0.25) is 4.79 Å². The Bertz CT molecular complexity index is 479. The van der Waals surface area contributed by atoms with E-state index in [9.17, 15) is 4.79 Å². The molecular weight excluding hydrogens is 254 g/mol. The molecule has 20 heavy (non-hydrogen) atoms. The van der Waals surface area contributed by atoms with E-state index in [-0.39, 0.29) is 5.91 Å². The fourth-order valence-corrected chi connectivity index (χ4v) is 2.30. The van der Waals surface area contributed by atoms with Gasteiger partial charge in [-0.15, -0.1) is 0 Å². The molecule has 0 radical (unpaired) electrons. The minimum absolute atomic E-state index is 0.199. The average molecular weight is 275 g/mol. The van der Waals surface area contributed by atoms with Gasteiger partial charge >= 0.3 is 0 Å². The lowest BCUT2D eigenvalue weighted by Crippen LogP contribution is -2.31. The number of carbonyl (C=O) groups is 1. The third-order valence-corrected chi connectivity index (χ3v) is 3.31. The number of ether oxygens (including phenoxy) is 2. The molecule has 0 unspecified atom stereocenters. The summed E-state index contributed by atoms with van der Waals surface area (Å²) in [5.74, 6) is 1.02. The molecule has 0 aromatic heterocycles. The van der Waals surface area contributed by atoms with Gasteiger partial charge in [0.2, 0.25) is 5.91 Å². The highest BCUT2D eigenvalue weighted by Gasteiger charge is 2.20. The van der Waals surface area contributed by atoms with E-state index in [0.29, 0.717) is 26.2 Å². The van der Waals surface area contributed by atoms with E-state index in [4.69, 9.17) is 9.47 Å². The molecule has 4 heteroatoms. The minimum Gasteiger partial charge on any atom is -0.491 e. The zero-order chi connectivity index (χ0) is 14.4. The Balaban J connectivity index is 2.09. The van der Waals surface area contributed by atoms with Crippen LogP contribution in [-0.4, -0.2) is 37.7 Å². The van der Waals surface area contributed by atoms with Gasteiger partial charge in [0.05, 0.1) is 6.61 Å². The van der Waals surface area contributed by atoms with Crippen LogP contribution in [0.15, 0.2) is 30.3 Å². The van der Waals surface area contributed by atoms with Crippen LogP contribution in [0.5, 0.6) is 5.75 Å². The van der Waals surface area contributed by atoms with Gasteiger partial charge in [-0.05, 0) is 43.2 Å². The molecular formula is C16H21NO3. The normalized spacial score (nSPS) is 15.2. The van der Waals surface area contributed by atoms with Crippen molar-refractivity contribution in [2.75, 3.05) is 26.9 Å². The fraction of sp³-hybridized carbons (Fsp3) is 0.438. The van der Waals surface area contributed by atoms with Crippen molar-refractivity contribution in [2.24, 2.45) is 0 Å². The summed E-state index contributed by atoms with van der Waals surface area (Å²) < 4.78 is 10.5. The molecule has 108 valence electrons. The summed E-state index contributed by atoms with van der Waals surface area (Å²) >= 11 is 0. The fourth-order valence-electron chi connectivity index (χ4n) is 2.30. The Morgan fingerprint density at radius 1 is 1.20 bits per heavy atom. The van der Waals surface area contributed by atoms with Gasteiger partial charge in [-0.25, -0.2) is 0 Å². The van der Waals surface area contributed by atoms with Crippen molar-refractivity contribution in [1.29, 1.82) is 0 Å². The zero-order valence-electron chi connectivity index (χ0n) is 12.1. The number of nitrogens with zero attached hydrogens (tertiary/aromatic N) is 1. The number of carbonyl (C=O) groups excluding carboxylic acids is 1. The summed E-state index contributed by atoms with van der Waals surface area (Å²) in [5, 5.41) is 0. The highest BCUT2D eigenvalue weighted by Crippen LogP contribution is 2.26. The van der Waals surface area contributed by atoms with Gasteiger partial charge in [-0.2, -0.15) is 0 Å². The second-order valence-electron chi connectivity index (χ2n) is 4.63. The third kappa shape index (κ3) is 3.39. The smallest absolute Gasteiger partial charge is 0.227 e. The molecule has 1 aromatic rings. The van der Waals surface area contributed by atoms with Crippen LogP contribution >= 0.6 is 0 Å². The first kappa shape index (κ1) is 14.6. The van der Waals surface area contributed by atoms with Gasteiger partial charge in [-0.1, -0.05) is 6.08 Å². The number of amides is 1. The Hall–Kier alpha value is -1.81. The van der Waals surface area contributed by atoms with Gasteiger partial charge in [0.1, 0.15) is 12.4 Å². The summed E-state index contributed by atoms with van der Waals surface area (Å²) in [7, 11) is 1.65. The first-order valence-electron chi connectivity index (χ1n) is 6.99. The minimum atomic E-state index is 0.199. The monoisotopic (exact) mass is 275 g/mol. The van der Waals surface area contributed by atoms with Crippen LogP contribution in [0.25, 0.3) is 5.70 Å². The van der Waals surface area contributed by atoms with Crippen LogP contribution in [-0.2, 0) is 9.53 Å². The second kappa shape index (κ2) is 7.10. The molecule has 1 aromatic carbocycles. The van der Waals surface area contributed by atoms with Crippen molar-refractivity contribution in [3.63, 3.8) is 0 Å². The largest absolute Gasteiger partial charge is 0.491 e. The van der Waals surface area contributed by atoms with Crippen LogP contribution in [0.1, 0.15) is 25.3 Å². The molecule has 0 saturated carbocycles. The standard InChI is InChI=1S/C16H21NO3/c1-3-17-15(5-4-6-16(17)18)13-7-9-14(10-8-13)20-12-11-19-2/h5,7-10H,3-4,6,11-12H2,1-2H3. The number of benzene rings is 1. The van der Waals surface area contributed by atoms with E-state index in [1.165, 1.54) is 0 Å². The first-order valence-corrected chi connectivity index (χ1v) is 6.99. The van der Waals surface area contributed by atoms with Crippen molar-refractivity contribution in [1.82, 2.24) is 4.90 Å². The molecule has 0 aliphatic carbocycles. The highest BCUT2D eigenvalue weighted by molar-refractivity contribution is 5.89. The van der Waals surface area contributed by atoms with E-state index >= 15 is 0 Å². The van der Waals surface area contributed by atoms with Crippen LogP contribution in [0.4, 0.5) is 0 Å². The van der Waals surface area contributed by atoms with E-state index in [2.05, 4.69) is 6.08 Å².